The molecule has 1 saturated heterocycles. The summed E-state index contributed by atoms with van der Waals surface area (Å²) in [5.74, 6) is -0.811. The Kier molecular flexibility index (Phi) is 4.21. The number of carbonyl (C=O) groups excluding carboxylic acids is 2. The van der Waals surface area contributed by atoms with E-state index >= 15 is 0 Å². The second-order valence-electron chi connectivity index (χ2n) is 4.60. The molecule has 1 aliphatic heterocycles. The molecule has 3 rings (SSSR count). The predicted octanol–water partition coefficient (Wildman–Crippen LogP) is 3.42. The number of amides is 2. The molecule has 0 saturated carbocycles. The normalized spacial score (nSPS) is 16.9. The van der Waals surface area contributed by atoms with Crippen molar-refractivity contribution in [3.8, 4) is 0 Å². The molecule has 1 aromatic carbocycles. The van der Waals surface area contributed by atoms with E-state index in [-0.39, 0.29) is 10.7 Å². The molecule has 0 unspecified atom stereocenters. The Morgan fingerprint density at radius 2 is 1.87 bits per heavy atom. The number of hydrogen-bond acceptors (Lipinski definition) is 4. The van der Waals surface area contributed by atoms with Crippen molar-refractivity contribution in [3.05, 3.63) is 58.0 Å². The van der Waals surface area contributed by atoms with Crippen LogP contribution in [-0.2, 0) is 9.59 Å². The molecule has 1 fully saturated rings. The first-order valence-electron chi connectivity index (χ1n) is 6.37. The highest BCUT2D eigenvalue weighted by Gasteiger charge is 2.34. The third-order valence-electron chi connectivity index (χ3n) is 3.04. The maximum atomic E-state index is 12.7. The third-order valence-corrected chi connectivity index (χ3v) is 3.76. The highest BCUT2D eigenvalue weighted by atomic mass is 35.5. The maximum absolute atomic E-state index is 12.7. The standard InChI is InChI=1S/C15H8Cl2N2O3S/c16-8-4-9(17)6-10(5-8)19-14(21)12(13(20)18-15(19)23)7-11-2-1-3-22-11/h1-7H,(H,18,20,23)/b12-7+. The van der Waals surface area contributed by atoms with Crippen LogP contribution in [0.5, 0.6) is 0 Å². The van der Waals surface area contributed by atoms with Gasteiger partial charge in [0.2, 0.25) is 0 Å². The molecule has 0 spiro atoms. The zero-order valence-electron chi connectivity index (χ0n) is 11.4. The second kappa shape index (κ2) is 6.16. The molecule has 0 radical (unpaired) electrons. The lowest BCUT2D eigenvalue weighted by Gasteiger charge is -2.29. The lowest BCUT2D eigenvalue weighted by Crippen LogP contribution is -2.54. The number of rotatable bonds is 2. The molecule has 1 aliphatic rings. The van der Waals surface area contributed by atoms with Crippen LogP contribution in [0.1, 0.15) is 5.76 Å². The summed E-state index contributed by atoms with van der Waals surface area (Å²) in [7, 11) is 0. The summed E-state index contributed by atoms with van der Waals surface area (Å²) < 4.78 is 5.14. The molecule has 0 bridgehead atoms. The quantitative estimate of drug-likeness (QED) is 0.502. The molecular formula is C15H8Cl2N2O3S. The van der Waals surface area contributed by atoms with Gasteiger partial charge in [-0.05, 0) is 48.6 Å². The van der Waals surface area contributed by atoms with Gasteiger partial charge in [0.15, 0.2) is 5.11 Å². The Balaban J connectivity index is 2.05. The number of hydrogen-bond donors (Lipinski definition) is 1. The Hall–Kier alpha value is -2.15. The highest BCUT2D eigenvalue weighted by molar-refractivity contribution is 7.80. The first-order chi connectivity index (χ1) is 11.0. The first-order valence-corrected chi connectivity index (χ1v) is 7.53. The van der Waals surface area contributed by atoms with Gasteiger partial charge in [-0.3, -0.25) is 19.8 Å². The fraction of sp³-hybridized carbons (Fsp3) is 0. The van der Waals surface area contributed by atoms with E-state index in [4.69, 9.17) is 39.8 Å². The molecule has 2 heterocycles. The van der Waals surface area contributed by atoms with Crippen LogP contribution in [0, 0.1) is 0 Å². The van der Waals surface area contributed by atoms with Crippen LogP contribution in [-0.4, -0.2) is 16.9 Å². The summed E-state index contributed by atoms with van der Waals surface area (Å²) >= 11 is 17.0. The van der Waals surface area contributed by atoms with Crippen molar-refractivity contribution in [1.29, 1.82) is 0 Å². The fourth-order valence-electron chi connectivity index (χ4n) is 2.08. The number of thiocarbonyl (C=S) groups is 1. The molecule has 1 N–H and O–H groups in total. The molecule has 8 heteroatoms. The summed E-state index contributed by atoms with van der Waals surface area (Å²) in [5.41, 5.74) is 0.257. The summed E-state index contributed by atoms with van der Waals surface area (Å²) in [6.45, 7) is 0. The van der Waals surface area contributed by atoms with Crippen molar-refractivity contribution < 1.29 is 14.0 Å². The number of halogens is 2. The van der Waals surface area contributed by atoms with Gasteiger partial charge in [-0.1, -0.05) is 23.2 Å². The molecule has 23 heavy (non-hydrogen) atoms. The lowest BCUT2D eigenvalue weighted by molar-refractivity contribution is -0.122. The van der Waals surface area contributed by atoms with Crippen molar-refractivity contribution in [1.82, 2.24) is 5.32 Å². The molecule has 5 nitrogen and oxygen atoms in total. The smallest absolute Gasteiger partial charge is 0.270 e. The topological polar surface area (TPSA) is 62.6 Å². The van der Waals surface area contributed by atoms with Crippen LogP contribution in [0.25, 0.3) is 6.08 Å². The predicted molar refractivity (Wildman–Crippen MR) is 91.4 cm³/mol. The average molecular weight is 367 g/mol. The minimum absolute atomic E-state index is 0.0464. The summed E-state index contributed by atoms with van der Waals surface area (Å²) in [6, 6.07) is 7.86. The van der Waals surface area contributed by atoms with Gasteiger partial charge in [-0.2, -0.15) is 0 Å². The Morgan fingerprint density at radius 3 is 2.48 bits per heavy atom. The zero-order valence-corrected chi connectivity index (χ0v) is 13.7. The van der Waals surface area contributed by atoms with Gasteiger partial charge in [0.1, 0.15) is 11.3 Å². The summed E-state index contributed by atoms with van der Waals surface area (Å²) in [4.78, 5) is 25.9. The summed E-state index contributed by atoms with van der Waals surface area (Å²) in [5, 5.41) is 3.10. The maximum Gasteiger partial charge on any atom is 0.270 e. The molecule has 2 amide bonds. The fourth-order valence-corrected chi connectivity index (χ4v) is 2.87. The number of benzene rings is 1. The van der Waals surface area contributed by atoms with Gasteiger partial charge >= 0.3 is 0 Å². The summed E-state index contributed by atoms with van der Waals surface area (Å²) in [6.07, 6.45) is 2.79. The molecule has 116 valence electrons. The van der Waals surface area contributed by atoms with Gasteiger partial charge in [-0.15, -0.1) is 0 Å². The van der Waals surface area contributed by atoms with Gasteiger partial charge < -0.3 is 4.42 Å². The Bertz CT molecular complexity index is 826. The molecule has 0 atom stereocenters. The van der Waals surface area contributed by atoms with Crippen LogP contribution in [0.15, 0.2) is 46.6 Å². The van der Waals surface area contributed by atoms with E-state index in [0.29, 0.717) is 21.5 Å². The number of nitrogens with zero attached hydrogens (tertiary/aromatic N) is 1. The van der Waals surface area contributed by atoms with E-state index in [2.05, 4.69) is 5.32 Å². The third kappa shape index (κ3) is 3.14. The lowest BCUT2D eigenvalue weighted by atomic mass is 10.1. The molecule has 0 aliphatic carbocycles. The molecular weight excluding hydrogens is 359 g/mol. The highest BCUT2D eigenvalue weighted by Crippen LogP contribution is 2.28. The van der Waals surface area contributed by atoms with Crippen LogP contribution in [0.3, 0.4) is 0 Å². The minimum Gasteiger partial charge on any atom is -0.465 e. The van der Waals surface area contributed by atoms with Crippen molar-refractivity contribution in [2.45, 2.75) is 0 Å². The molecule has 1 aromatic heterocycles. The Labute approximate surface area is 146 Å². The number of nitrogens with one attached hydrogen (secondary N) is 1. The minimum atomic E-state index is -0.597. The first kappa shape index (κ1) is 15.7. The van der Waals surface area contributed by atoms with Crippen molar-refractivity contribution in [2.24, 2.45) is 0 Å². The van der Waals surface area contributed by atoms with E-state index in [1.807, 2.05) is 0 Å². The second-order valence-corrected chi connectivity index (χ2v) is 5.86. The van der Waals surface area contributed by atoms with Crippen molar-refractivity contribution in [3.63, 3.8) is 0 Å². The monoisotopic (exact) mass is 366 g/mol. The van der Waals surface area contributed by atoms with Crippen molar-refractivity contribution >= 4 is 64.1 Å². The average Bonchev–Trinajstić information content (AvgIpc) is 2.95. The van der Waals surface area contributed by atoms with E-state index in [1.165, 1.54) is 30.5 Å². The van der Waals surface area contributed by atoms with E-state index < -0.39 is 11.8 Å². The SMILES string of the molecule is O=C1NC(=S)N(c2cc(Cl)cc(Cl)c2)C(=O)/C1=C/c1ccco1. The van der Waals surface area contributed by atoms with Crippen molar-refractivity contribution in [2.75, 3.05) is 4.90 Å². The van der Waals surface area contributed by atoms with Crippen LogP contribution < -0.4 is 10.2 Å². The van der Waals surface area contributed by atoms with Gasteiger partial charge in [0.05, 0.1) is 12.0 Å². The van der Waals surface area contributed by atoms with Gasteiger partial charge in [-0.25, -0.2) is 0 Å². The number of furan rings is 1. The van der Waals surface area contributed by atoms with E-state index in [9.17, 15) is 9.59 Å². The zero-order chi connectivity index (χ0) is 16.6. The van der Waals surface area contributed by atoms with E-state index in [0.717, 1.165) is 4.90 Å². The van der Waals surface area contributed by atoms with Crippen LogP contribution in [0.2, 0.25) is 10.0 Å². The van der Waals surface area contributed by atoms with Crippen LogP contribution >= 0.6 is 35.4 Å². The largest absolute Gasteiger partial charge is 0.465 e. The van der Waals surface area contributed by atoms with E-state index in [1.54, 1.807) is 12.1 Å². The number of carbonyl (C=O) groups is 2. The van der Waals surface area contributed by atoms with Gasteiger partial charge in [0.25, 0.3) is 11.8 Å². The Morgan fingerprint density at radius 1 is 1.17 bits per heavy atom. The van der Waals surface area contributed by atoms with Gasteiger partial charge in [0, 0.05) is 10.0 Å². The van der Waals surface area contributed by atoms with Crippen LogP contribution in [0.4, 0.5) is 5.69 Å². The molecule has 2 aromatic rings. The number of anilines is 1.